The van der Waals surface area contributed by atoms with Crippen LogP contribution in [0.5, 0.6) is 0 Å². The highest BCUT2D eigenvalue weighted by molar-refractivity contribution is 8.13. The van der Waals surface area contributed by atoms with Crippen LogP contribution in [0.25, 0.3) is 0 Å². The predicted octanol–water partition coefficient (Wildman–Crippen LogP) is 2.24. The van der Waals surface area contributed by atoms with Crippen LogP contribution in [0.1, 0.15) is 20.8 Å². The molecule has 2 rings (SSSR count). The Morgan fingerprint density at radius 2 is 2.00 bits per heavy atom. The minimum absolute atomic E-state index is 0.0394. The smallest absolute Gasteiger partial charge is 0.240 e. The van der Waals surface area contributed by atoms with Gasteiger partial charge < -0.3 is 0 Å². The van der Waals surface area contributed by atoms with Crippen molar-refractivity contribution in [2.24, 2.45) is 4.99 Å². The van der Waals surface area contributed by atoms with Gasteiger partial charge in [0.15, 0.2) is 10.8 Å². The Morgan fingerprint density at radius 3 is 2.53 bits per heavy atom. The monoisotopic (exact) mass is 249 g/mol. The van der Waals surface area contributed by atoms with Gasteiger partial charge in [-0.15, -0.1) is 0 Å². The normalized spacial score (nSPS) is 17.6. The van der Waals surface area contributed by atoms with Gasteiger partial charge in [0.05, 0.1) is 0 Å². The fraction of sp³-hybridized carbons (Fsp3) is 0.333. The van der Waals surface area contributed by atoms with Crippen molar-refractivity contribution in [3.63, 3.8) is 0 Å². The number of hydrazine groups is 1. The number of carbonyl (C=O) groups is 1. The maximum Gasteiger partial charge on any atom is 0.240 e. The van der Waals surface area contributed by atoms with E-state index in [-0.39, 0.29) is 5.91 Å². The Balaban J connectivity index is 2.13. The van der Waals surface area contributed by atoms with E-state index in [9.17, 15) is 4.79 Å². The molecule has 17 heavy (non-hydrogen) atoms. The Morgan fingerprint density at radius 1 is 1.35 bits per heavy atom. The number of hydrogen-bond acceptors (Lipinski definition) is 4. The van der Waals surface area contributed by atoms with Gasteiger partial charge in [0.2, 0.25) is 5.91 Å². The van der Waals surface area contributed by atoms with E-state index in [1.54, 1.807) is 0 Å². The summed E-state index contributed by atoms with van der Waals surface area (Å²) in [6.07, 6.45) is 0. The molecule has 1 aromatic rings. The minimum Gasteiger partial charge on any atom is -0.273 e. The van der Waals surface area contributed by atoms with Crippen molar-refractivity contribution in [1.82, 2.24) is 10.4 Å². The fourth-order valence-corrected chi connectivity index (χ4v) is 2.59. The fourth-order valence-electron chi connectivity index (χ4n) is 1.67. The second-order valence-electron chi connectivity index (χ2n) is 4.29. The van der Waals surface area contributed by atoms with Crippen LogP contribution in [0.15, 0.2) is 40.2 Å². The number of hydrogen-bond donors (Lipinski definition) is 1. The number of rotatable bonds is 1. The van der Waals surface area contributed by atoms with Crippen molar-refractivity contribution in [2.75, 3.05) is 0 Å². The molecule has 0 bridgehead atoms. The molecular weight excluding hydrogens is 234 g/mol. The Kier molecular flexibility index (Phi) is 3.11. The molecule has 0 unspecified atom stereocenters. The highest BCUT2D eigenvalue weighted by Crippen LogP contribution is 2.27. The number of thioether (sulfide) groups is 1. The molecule has 0 aliphatic carbocycles. The average Bonchev–Trinajstić information content (AvgIpc) is 2.55. The zero-order chi connectivity index (χ0) is 12.5. The van der Waals surface area contributed by atoms with Crippen molar-refractivity contribution < 1.29 is 4.79 Å². The molecule has 0 atom stereocenters. The summed E-state index contributed by atoms with van der Waals surface area (Å²) >= 11 is 1.52. The lowest BCUT2D eigenvalue weighted by Gasteiger charge is -2.27. The summed E-state index contributed by atoms with van der Waals surface area (Å²) in [5.74, 6) is -0.0394. The van der Waals surface area contributed by atoms with E-state index < -0.39 is 5.66 Å². The van der Waals surface area contributed by atoms with Gasteiger partial charge in [-0.25, -0.2) is 10.0 Å². The highest BCUT2D eigenvalue weighted by atomic mass is 32.2. The zero-order valence-corrected chi connectivity index (χ0v) is 10.9. The number of aliphatic imine (C=N–C) groups is 1. The first-order valence-corrected chi connectivity index (χ1v) is 6.21. The second kappa shape index (κ2) is 4.41. The van der Waals surface area contributed by atoms with Gasteiger partial charge in [-0.3, -0.25) is 10.2 Å². The van der Waals surface area contributed by atoms with E-state index in [0.29, 0.717) is 0 Å². The summed E-state index contributed by atoms with van der Waals surface area (Å²) < 4.78 is 0. The number of benzene rings is 1. The van der Waals surface area contributed by atoms with Gasteiger partial charge in [0, 0.05) is 11.8 Å². The average molecular weight is 249 g/mol. The van der Waals surface area contributed by atoms with Crippen LogP contribution < -0.4 is 5.43 Å². The number of nitrogens with zero attached hydrogens (tertiary/aromatic N) is 2. The molecule has 0 saturated heterocycles. The zero-order valence-electron chi connectivity index (χ0n) is 10.1. The first-order valence-electron chi connectivity index (χ1n) is 5.39. The van der Waals surface area contributed by atoms with Crippen LogP contribution in [-0.2, 0) is 4.79 Å². The molecule has 0 aromatic heterocycles. The first-order chi connectivity index (χ1) is 7.99. The van der Waals surface area contributed by atoms with E-state index in [1.165, 1.54) is 23.7 Å². The number of carbonyl (C=O) groups excluding carboxylic acids is 1. The lowest BCUT2D eigenvalue weighted by molar-refractivity contribution is -0.135. The summed E-state index contributed by atoms with van der Waals surface area (Å²) in [6, 6.07) is 9.95. The number of amides is 1. The third kappa shape index (κ3) is 2.61. The molecule has 90 valence electrons. The van der Waals surface area contributed by atoms with E-state index in [0.717, 1.165) is 10.1 Å². The van der Waals surface area contributed by atoms with E-state index in [1.807, 2.05) is 44.2 Å². The molecular formula is C12H15N3OS. The molecule has 0 fully saturated rings. The van der Waals surface area contributed by atoms with Gasteiger partial charge in [-0.1, -0.05) is 30.0 Å². The van der Waals surface area contributed by atoms with Gasteiger partial charge in [-0.2, -0.15) is 0 Å². The topological polar surface area (TPSA) is 44.7 Å². The van der Waals surface area contributed by atoms with Gasteiger partial charge in [0.25, 0.3) is 0 Å². The van der Waals surface area contributed by atoms with E-state index in [2.05, 4.69) is 10.4 Å². The third-order valence-electron chi connectivity index (χ3n) is 2.40. The van der Waals surface area contributed by atoms with Crippen LogP contribution >= 0.6 is 11.8 Å². The molecule has 1 N–H and O–H groups in total. The Bertz CT molecular complexity index is 456. The van der Waals surface area contributed by atoms with Crippen LogP contribution in [0.4, 0.5) is 0 Å². The van der Waals surface area contributed by atoms with Gasteiger partial charge in [0.1, 0.15) is 0 Å². The van der Waals surface area contributed by atoms with Crippen molar-refractivity contribution >= 4 is 22.8 Å². The van der Waals surface area contributed by atoms with Crippen LogP contribution in [-0.4, -0.2) is 21.7 Å². The number of nitrogens with one attached hydrogen (secondary N) is 1. The largest absolute Gasteiger partial charge is 0.273 e. The lowest BCUT2D eigenvalue weighted by atomic mass is 10.2. The Hall–Kier alpha value is -1.49. The molecule has 0 spiro atoms. The molecule has 1 heterocycles. The standard InChI is InChI=1S/C12H15N3OS/c1-9(16)15-12(2,3)13-11(14-15)17-10-7-5-4-6-8-10/h4-8H,1-3H3,(H,13,14). The molecule has 1 aliphatic rings. The van der Waals surface area contributed by atoms with Gasteiger partial charge >= 0.3 is 0 Å². The molecule has 0 saturated carbocycles. The Labute approximate surface area is 105 Å². The van der Waals surface area contributed by atoms with Crippen LogP contribution in [0.3, 0.4) is 0 Å². The molecule has 1 amide bonds. The first kappa shape index (κ1) is 12.0. The molecule has 0 radical (unpaired) electrons. The van der Waals surface area contributed by atoms with Crippen LogP contribution in [0, 0.1) is 0 Å². The van der Waals surface area contributed by atoms with Crippen molar-refractivity contribution in [2.45, 2.75) is 31.3 Å². The molecule has 5 heteroatoms. The second-order valence-corrected chi connectivity index (χ2v) is 5.35. The lowest BCUT2D eigenvalue weighted by Crippen LogP contribution is -2.48. The van der Waals surface area contributed by atoms with Gasteiger partial charge in [-0.05, 0) is 26.0 Å². The SMILES string of the molecule is CC(=O)N1NC(Sc2ccccc2)=NC1(C)C. The maximum absolute atomic E-state index is 11.4. The summed E-state index contributed by atoms with van der Waals surface area (Å²) in [5.41, 5.74) is 2.50. The molecule has 1 aliphatic heterocycles. The van der Waals surface area contributed by atoms with Crippen molar-refractivity contribution in [3.05, 3.63) is 30.3 Å². The number of amidine groups is 1. The summed E-state index contributed by atoms with van der Waals surface area (Å²) in [4.78, 5) is 17.0. The predicted molar refractivity (Wildman–Crippen MR) is 69.5 cm³/mol. The maximum atomic E-state index is 11.4. The van der Waals surface area contributed by atoms with Crippen molar-refractivity contribution in [1.29, 1.82) is 0 Å². The summed E-state index contributed by atoms with van der Waals surface area (Å²) in [5, 5.41) is 2.29. The highest BCUT2D eigenvalue weighted by Gasteiger charge is 2.35. The molecule has 4 nitrogen and oxygen atoms in total. The minimum atomic E-state index is -0.525. The van der Waals surface area contributed by atoms with E-state index in [4.69, 9.17) is 0 Å². The summed E-state index contributed by atoms with van der Waals surface area (Å²) in [6.45, 7) is 5.33. The van der Waals surface area contributed by atoms with Crippen LogP contribution in [0.2, 0.25) is 0 Å². The quantitative estimate of drug-likeness (QED) is 0.830. The third-order valence-corrected chi connectivity index (χ3v) is 3.29. The molecule has 1 aromatic carbocycles. The van der Waals surface area contributed by atoms with E-state index >= 15 is 0 Å². The summed E-state index contributed by atoms with van der Waals surface area (Å²) in [7, 11) is 0. The van der Waals surface area contributed by atoms with Crippen molar-refractivity contribution in [3.8, 4) is 0 Å².